The van der Waals surface area contributed by atoms with Crippen molar-refractivity contribution in [2.75, 3.05) is 12.4 Å². The van der Waals surface area contributed by atoms with Gasteiger partial charge in [0.25, 0.3) is 0 Å². The Morgan fingerprint density at radius 2 is 2.11 bits per heavy atom. The molecule has 1 fully saturated rings. The second-order valence-corrected chi connectivity index (χ2v) is 6.57. The Bertz CT molecular complexity index is 400. The predicted octanol–water partition coefficient (Wildman–Crippen LogP) is 4.60. The first kappa shape index (κ1) is 14.4. The van der Waals surface area contributed by atoms with E-state index >= 15 is 0 Å². The van der Waals surface area contributed by atoms with Gasteiger partial charge in [0.2, 0.25) is 0 Å². The van der Waals surface area contributed by atoms with Gasteiger partial charge in [-0.2, -0.15) is 0 Å². The van der Waals surface area contributed by atoms with Crippen LogP contribution in [0.2, 0.25) is 0 Å². The molecule has 1 saturated carbocycles. The van der Waals surface area contributed by atoms with Crippen molar-refractivity contribution in [1.82, 2.24) is 0 Å². The second-order valence-electron chi connectivity index (χ2n) is 6.57. The largest absolute Gasteiger partial charge is 0.382 e. The molecule has 1 aromatic carbocycles. The quantitative estimate of drug-likeness (QED) is 0.799. The van der Waals surface area contributed by atoms with Gasteiger partial charge in [-0.25, -0.2) is 0 Å². The highest BCUT2D eigenvalue weighted by Gasteiger charge is 2.24. The summed E-state index contributed by atoms with van der Waals surface area (Å²) in [5, 5.41) is 3.70. The van der Waals surface area contributed by atoms with E-state index in [1.165, 1.54) is 43.4 Å². The fraction of sp³-hybridized carbons (Fsp3) is 0.647. The summed E-state index contributed by atoms with van der Waals surface area (Å²) in [7, 11) is 1.74. The van der Waals surface area contributed by atoms with Crippen molar-refractivity contribution in [2.45, 2.75) is 58.6 Å². The molecule has 0 aliphatic heterocycles. The molecular formula is C17H27NO. The summed E-state index contributed by atoms with van der Waals surface area (Å²) in [5.41, 5.74) is 3.00. The first-order valence-electron chi connectivity index (χ1n) is 7.43. The van der Waals surface area contributed by atoms with Crippen LogP contribution in [0.3, 0.4) is 0 Å². The fourth-order valence-corrected chi connectivity index (χ4v) is 2.96. The van der Waals surface area contributed by atoms with Crippen LogP contribution in [0.25, 0.3) is 0 Å². The van der Waals surface area contributed by atoms with Gasteiger partial charge in [-0.15, -0.1) is 0 Å². The van der Waals surface area contributed by atoms with Gasteiger partial charge < -0.3 is 10.1 Å². The van der Waals surface area contributed by atoms with Crippen LogP contribution < -0.4 is 5.32 Å². The zero-order chi connectivity index (χ0) is 13.7. The maximum Gasteiger partial charge on any atom is 0.0713 e. The molecule has 2 heteroatoms. The lowest BCUT2D eigenvalue weighted by molar-refractivity contribution is 0.185. The SMILES string of the molecule is COCc1cccc(NC2CCCC(C)(C)CC2)c1. The third kappa shape index (κ3) is 4.54. The topological polar surface area (TPSA) is 21.3 Å². The Labute approximate surface area is 117 Å². The minimum absolute atomic E-state index is 0.522. The van der Waals surface area contributed by atoms with Gasteiger partial charge in [-0.05, 0) is 48.8 Å². The summed E-state index contributed by atoms with van der Waals surface area (Å²) in [6.45, 7) is 5.48. The van der Waals surface area contributed by atoms with Crippen molar-refractivity contribution >= 4 is 5.69 Å². The van der Waals surface area contributed by atoms with Gasteiger partial charge in [0.1, 0.15) is 0 Å². The van der Waals surface area contributed by atoms with E-state index in [0.717, 1.165) is 0 Å². The zero-order valence-corrected chi connectivity index (χ0v) is 12.5. The number of anilines is 1. The van der Waals surface area contributed by atoms with E-state index in [0.29, 0.717) is 18.1 Å². The Morgan fingerprint density at radius 3 is 2.89 bits per heavy atom. The van der Waals surface area contributed by atoms with Gasteiger partial charge in [-0.3, -0.25) is 0 Å². The zero-order valence-electron chi connectivity index (χ0n) is 12.5. The Balaban J connectivity index is 1.95. The highest BCUT2D eigenvalue weighted by atomic mass is 16.5. The summed E-state index contributed by atoms with van der Waals surface area (Å²) in [4.78, 5) is 0. The Hall–Kier alpha value is -1.02. The van der Waals surface area contributed by atoms with Gasteiger partial charge >= 0.3 is 0 Å². The van der Waals surface area contributed by atoms with Crippen molar-refractivity contribution in [3.05, 3.63) is 29.8 Å². The molecule has 1 aliphatic carbocycles. The molecule has 0 radical (unpaired) electrons. The van der Waals surface area contributed by atoms with E-state index in [9.17, 15) is 0 Å². The third-order valence-corrected chi connectivity index (χ3v) is 4.18. The van der Waals surface area contributed by atoms with Crippen LogP contribution in [0.4, 0.5) is 5.69 Å². The fourth-order valence-electron chi connectivity index (χ4n) is 2.96. The molecule has 106 valence electrons. The molecule has 0 saturated heterocycles. The van der Waals surface area contributed by atoms with Crippen LogP contribution in [0, 0.1) is 5.41 Å². The van der Waals surface area contributed by atoms with Crippen molar-refractivity contribution in [3.63, 3.8) is 0 Å². The monoisotopic (exact) mass is 261 g/mol. The third-order valence-electron chi connectivity index (χ3n) is 4.18. The molecule has 1 aromatic rings. The predicted molar refractivity (Wildman–Crippen MR) is 81.4 cm³/mol. The Morgan fingerprint density at radius 1 is 1.26 bits per heavy atom. The maximum atomic E-state index is 5.19. The van der Waals surface area contributed by atoms with Crippen LogP contribution in [0.15, 0.2) is 24.3 Å². The smallest absolute Gasteiger partial charge is 0.0713 e. The van der Waals surface area contributed by atoms with E-state index in [1.807, 2.05) is 0 Å². The molecule has 1 aliphatic rings. The standard InChI is InChI=1S/C17H27NO/c1-17(2)10-5-8-15(9-11-17)18-16-7-4-6-14(12-16)13-19-3/h4,6-7,12,15,18H,5,8-11,13H2,1-3H3. The normalized spacial score (nSPS) is 22.8. The average molecular weight is 261 g/mol. The minimum Gasteiger partial charge on any atom is -0.382 e. The number of nitrogens with one attached hydrogen (secondary N) is 1. The molecule has 19 heavy (non-hydrogen) atoms. The first-order chi connectivity index (χ1) is 9.09. The molecule has 0 aromatic heterocycles. The van der Waals surface area contributed by atoms with E-state index in [4.69, 9.17) is 4.74 Å². The lowest BCUT2D eigenvalue weighted by atomic mass is 9.85. The molecule has 1 unspecified atom stereocenters. The van der Waals surface area contributed by atoms with Gasteiger partial charge in [-0.1, -0.05) is 32.4 Å². The van der Waals surface area contributed by atoms with Crippen LogP contribution in [-0.2, 0) is 11.3 Å². The van der Waals surface area contributed by atoms with Crippen LogP contribution >= 0.6 is 0 Å². The molecule has 0 amide bonds. The lowest BCUT2D eigenvalue weighted by Crippen LogP contribution is -2.19. The highest BCUT2D eigenvalue weighted by molar-refractivity contribution is 5.46. The molecule has 0 heterocycles. The summed E-state index contributed by atoms with van der Waals surface area (Å²) in [5.74, 6) is 0. The summed E-state index contributed by atoms with van der Waals surface area (Å²) < 4.78 is 5.19. The molecule has 2 nitrogen and oxygen atoms in total. The van der Waals surface area contributed by atoms with Gasteiger partial charge in [0.05, 0.1) is 6.61 Å². The molecular weight excluding hydrogens is 234 g/mol. The number of hydrogen-bond donors (Lipinski definition) is 1. The van der Waals surface area contributed by atoms with Crippen molar-refractivity contribution in [3.8, 4) is 0 Å². The minimum atomic E-state index is 0.522. The lowest BCUT2D eigenvalue weighted by Gasteiger charge is -2.22. The van der Waals surface area contributed by atoms with Gasteiger partial charge in [0.15, 0.2) is 0 Å². The molecule has 1 atom stereocenters. The van der Waals surface area contributed by atoms with Crippen molar-refractivity contribution in [1.29, 1.82) is 0 Å². The number of ether oxygens (including phenoxy) is 1. The van der Waals surface area contributed by atoms with Crippen molar-refractivity contribution < 1.29 is 4.74 Å². The molecule has 2 rings (SSSR count). The number of hydrogen-bond acceptors (Lipinski definition) is 2. The number of benzene rings is 1. The van der Waals surface area contributed by atoms with E-state index in [1.54, 1.807) is 7.11 Å². The van der Waals surface area contributed by atoms with E-state index in [-0.39, 0.29) is 0 Å². The molecule has 0 bridgehead atoms. The number of methoxy groups -OCH3 is 1. The maximum absolute atomic E-state index is 5.19. The number of rotatable bonds is 4. The summed E-state index contributed by atoms with van der Waals surface area (Å²) in [6.07, 6.45) is 6.58. The van der Waals surface area contributed by atoms with E-state index in [2.05, 4.69) is 43.4 Å². The highest BCUT2D eigenvalue weighted by Crippen LogP contribution is 2.34. The molecule has 1 N–H and O–H groups in total. The summed E-state index contributed by atoms with van der Waals surface area (Å²) >= 11 is 0. The van der Waals surface area contributed by atoms with E-state index < -0.39 is 0 Å². The first-order valence-corrected chi connectivity index (χ1v) is 7.43. The van der Waals surface area contributed by atoms with Crippen LogP contribution in [-0.4, -0.2) is 13.2 Å². The van der Waals surface area contributed by atoms with Crippen molar-refractivity contribution in [2.24, 2.45) is 5.41 Å². The second kappa shape index (κ2) is 6.42. The Kier molecular flexibility index (Phi) is 4.87. The van der Waals surface area contributed by atoms with Crippen LogP contribution in [0.5, 0.6) is 0 Å². The average Bonchev–Trinajstić information content (AvgIpc) is 2.52. The summed E-state index contributed by atoms with van der Waals surface area (Å²) in [6, 6.07) is 9.22. The van der Waals surface area contributed by atoms with Gasteiger partial charge in [0, 0.05) is 18.8 Å². The molecule has 0 spiro atoms. The van der Waals surface area contributed by atoms with Crippen LogP contribution in [0.1, 0.15) is 51.5 Å².